The average molecular weight is 600 g/mol. The Hall–Kier alpha value is -3.86. The van der Waals surface area contributed by atoms with Crippen molar-refractivity contribution in [3.05, 3.63) is 64.2 Å². The predicted octanol–water partition coefficient (Wildman–Crippen LogP) is 5.59. The standard InChI is InChI=1S/C14H17N3O2.C9H10BrN3.C5H8O2/c1-4-17-12-8-6-11(7-9-13(18)19-5-2)10(3)14(12)15-16-17;1-3-13-8-5-4-7(10)6(2)9(8)11-12-13;1-3-5(6)7-4-2/h6-9H,4-5H2,1-3H3;4-5H,3H2,1-2H3;3H,1,4H2,2H3/b9-7+;;. The summed E-state index contributed by atoms with van der Waals surface area (Å²) in [5, 5.41) is 16.5. The number of aryl methyl sites for hydroxylation is 4. The van der Waals surface area contributed by atoms with Gasteiger partial charge in [0.1, 0.15) is 11.0 Å². The lowest BCUT2D eigenvalue weighted by Gasteiger charge is -2.02. The molecule has 0 aliphatic carbocycles. The molecular formula is C28H35BrN6O4. The highest BCUT2D eigenvalue weighted by molar-refractivity contribution is 9.10. The first-order valence-electron chi connectivity index (χ1n) is 12.7. The molecule has 0 amide bonds. The van der Waals surface area contributed by atoms with Gasteiger partial charge in [0.2, 0.25) is 0 Å². The van der Waals surface area contributed by atoms with Crippen molar-refractivity contribution in [2.45, 2.75) is 54.6 Å². The topological polar surface area (TPSA) is 114 Å². The molecule has 39 heavy (non-hydrogen) atoms. The maximum absolute atomic E-state index is 11.3. The van der Waals surface area contributed by atoms with Gasteiger partial charge in [-0.2, -0.15) is 0 Å². The fourth-order valence-corrected chi connectivity index (χ4v) is 3.84. The van der Waals surface area contributed by atoms with E-state index in [2.05, 4.69) is 54.8 Å². The summed E-state index contributed by atoms with van der Waals surface area (Å²) in [5.74, 6) is -0.693. The molecule has 2 aromatic carbocycles. The molecule has 2 heterocycles. The first kappa shape index (κ1) is 31.4. The second kappa shape index (κ2) is 15.5. The van der Waals surface area contributed by atoms with Crippen LogP contribution >= 0.6 is 15.9 Å². The maximum atomic E-state index is 11.3. The third-order valence-corrected chi connectivity index (χ3v) is 6.45. The first-order chi connectivity index (χ1) is 18.7. The van der Waals surface area contributed by atoms with Gasteiger partial charge >= 0.3 is 11.9 Å². The zero-order chi connectivity index (χ0) is 28.9. The maximum Gasteiger partial charge on any atom is 0.330 e. The van der Waals surface area contributed by atoms with Crippen molar-refractivity contribution in [2.24, 2.45) is 0 Å². The number of ether oxygens (including phenoxy) is 2. The van der Waals surface area contributed by atoms with Crippen LogP contribution in [0.3, 0.4) is 0 Å². The second-order valence-corrected chi connectivity index (χ2v) is 8.89. The lowest BCUT2D eigenvalue weighted by atomic mass is 10.1. The van der Waals surface area contributed by atoms with Crippen molar-refractivity contribution in [3.8, 4) is 0 Å². The van der Waals surface area contributed by atoms with E-state index < -0.39 is 0 Å². The quantitative estimate of drug-likeness (QED) is 0.200. The summed E-state index contributed by atoms with van der Waals surface area (Å²) < 4.78 is 14.1. The molecule has 11 heteroatoms. The Kier molecular flexibility index (Phi) is 12.5. The Morgan fingerprint density at radius 2 is 1.36 bits per heavy atom. The first-order valence-corrected chi connectivity index (χ1v) is 13.5. The summed E-state index contributed by atoms with van der Waals surface area (Å²) in [4.78, 5) is 21.4. The summed E-state index contributed by atoms with van der Waals surface area (Å²) in [7, 11) is 0. The third-order valence-electron chi connectivity index (χ3n) is 5.59. The number of aromatic nitrogens is 6. The summed E-state index contributed by atoms with van der Waals surface area (Å²) in [6.07, 6.45) is 4.32. The number of fused-ring (bicyclic) bond motifs is 2. The van der Waals surface area contributed by atoms with Crippen molar-refractivity contribution in [2.75, 3.05) is 13.2 Å². The van der Waals surface area contributed by atoms with Gasteiger partial charge in [0, 0.05) is 29.7 Å². The lowest BCUT2D eigenvalue weighted by molar-refractivity contribution is -0.138. The number of esters is 2. The molecule has 0 bridgehead atoms. The largest absolute Gasteiger partial charge is 0.463 e. The van der Waals surface area contributed by atoms with Gasteiger partial charge in [0.15, 0.2) is 0 Å². The van der Waals surface area contributed by atoms with Crippen LogP contribution in [0.2, 0.25) is 0 Å². The van der Waals surface area contributed by atoms with Crippen LogP contribution in [0.1, 0.15) is 44.4 Å². The van der Waals surface area contributed by atoms with E-state index in [4.69, 9.17) is 4.74 Å². The van der Waals surface area contributed by atoms with Crippen LogP contribution in [0, 0.1) is 13.8 Å². The van der Waals surface area contributed by atoms with E-state index in [0.717, 1.165) is 62.4 Å². The van der Waals surface area contributed by atoms with Crippen LogP contribution in [0.4, 0.5) is 0 Å². The monoisotopic (exact) mass is 598 g/mol. The van der Waals surface area contributed by atoms with Crippen molar-refractivity contribution < 1.29 is 19.1 Å². The summed E-state index contributed by atoms with van der Waals surface area (Å²) in [6, 6.07) is 8.00. The highest BCUT2D eigenvalue weighted by Crippen LogP contribution is 2.23. The van der Waals surface area contributed by atoms with Crippen LogP contribution in [0.15, 0.2) is 47.5 Å². The minimum atomic E-state index is -0.359. The third kappa shape index (κ3) is 8.31. The molecule has 0 saturated carbocycles. The van der Waals surface area contributed by atoms with E-state index in [-0.39, 0.29) is 11.9 Å². The normalized spacial score (nSPS) is 10.5. The zero-order valence-corrected chi connectivity index (χ0v) is 24.9. The van der Waals surface area contributed by atoms with Gasteiger partial charge in [-0.3, -0.25) is 0 Å². The number of benzene rings is 2. The smallest absolute Gasteiger partial charge is 0.330 e. The average Bonchev–Trinajstić information content (AvgIpc) is 3.56. The number of hydrogen-bond acceptors (Lipinski definition) is 8. The molecule has 10 nitrogen and oxygen atoms in total. The molecule has 0 unspecified atom stereocenters. The molecule has 4 aromatic rings. The van der Waals surface area contributed by atoms with E-state index in [1.54, 1.807) is 19.9 Å². The van der Waals surface area contributed by atoms with E-state index >= 15 is 0 Å². The number of hydrogen-bond donors (Lipinski definition) is 0. The van der Waals surface area contributed by atoms with E-state index in [0.29, 0.717) is 13.2 Å². The highest BCUT2D eigenvalue weighted by atomic mass is 79.9. The number of carbonyl (C=O) groups excluding carboxylic acids is 2. The van der Waals surface area contributed by atoms with Crippen molar-refractivity contribution in [1.82, 2.24) is 30.0 Å². The van der Waals surface area contributed by atoms with Crippen molar-refractivity contribution in [1.29, 1.82) is 0 Å². The molecule has 0 fully saturated rings. The Labute approximate surface area is 236 Å². The Balaban J connectivity index is 0.000000230. The van der Waals surface area contributed by atoms with Crippen LogP contribution in [0.5, 0.6) is 0 Å². The molecule has 4 rings (SSSR count). The summed E-state index contributed by atoms with van der Waals surface area (Å²) >= 11 is 3.47. The molecule has 0 aliphatic rings. The molecule has 0 radical (unpaired) electrons. The van der Waals surface area contributed by atoms with Gasteiger partial charge in [0.25, 0.3) is 0 Å². The molecule has 0 atom stereocenters. The van der Waals surface area contributed by atoms with E-state index in [1.807, 2.05) is 54.4 Å². The van der Waals surface area contributed by atoms with Crippen molar-refractivity contribution in [3.63, 3.8) is 0 Å². The van der Waals surface area contributed by atoms with Gasteiger partial charge in [-0.1, -0.05) is 39.0 Å². The number of nitrogens with zero attached hydrogens (tertiary/aromatic N) is 6. The second-order valence-electron chi connectivity index (χ2n) is 8.04. The fraction of sp³-hybridized carbons (Fsp3) is 0.357. The Morgan fingerprint density at radius 3 is 1.85 bits per heavy atom. The minimum Gasteiger partial charge on any atom is -0.463 e. The van der Waals surface area contributed by atoms with Crippen molar-refractivity contribution >= 4 is 56.0 Å². The SMILES string of the molecule is C=CC(=O)OCC.CCOC(=O)/C=C/c1ccc2c(nnn2CC)c1C.CCn1nnc2c(C)c(Br)ccc21. The van der Waals surface area contributed by atoms with Crippen LogP contribution in [-0.4, -0.2) is 55.1 Å². The molecule has 0 saturated heterocycles. The van der Waals surface area contributed by atoms with Gasteiger partial charge < -0.3 is 9.47 Å². The number of halogens is 1. The lowest BCUT2D eigenvalue weighted by Crippen LogP contribution is -1.99. The highest BCUT2D eigenvalue weighted by Gasteiger charge is 2.09. The predicted molar refractivity (Wildman–Crippen MR) is 156 cm³/mol. The zero-order valence-electron chi connectivity index (χ0n) is 23.3. The molecule has 0 aliphatic heterocycles. The summed E-state index contributed by atoms with van der Waals surface area (Å²) in [6.45, 7) is 17.3. The van der Waals surface area contributed by atoms with Crippen LogP contribution in [-0.2, 0) is 32.2 Å². The van der Waals surface area contributed by atoms with Crippen LogP contribution < -0.4 is 0 Å². The number of rotatable bonds is 7. The Bertz CT molecular complexity index is 1460. The Morgan fingerprint density at radius 1 is 0.846 bits per heavy atom. The fourth-order valence-electron chi connectivity index (χ4n) is 3.52. The molecule has 0 N–H and O–H groups in total. The molecule has 208 valence electrons. The molecular weight excluding hydrogens is 564 g/mol. The van der Waals surface area contributed by atoms with Gasteiger partial charge in [-0.05, 0) is 82.5 Å². The van der Waals surface area contributed by atoms with Gasteiger partial charge in [-0.25, -0.2) is 19.0 Å². The summed E-state index contributed by atoms with van der Waals surface area (Å²) in [5.41, 5.74) is 7.07. The minimum absolute atomic E-state index is 0.334. The molecule has 2 aromatic heterocycles. The van der Waals surface area contributed by atoms with E-state index in [1.165, 1.54) is 6.08 Å². The van der Waals surface area contributed by atoms with Gasteiger partial charge in [-0.15, -0.1) is 10.2 Å². The van der Waals surface area contributed by atoms with Crippen LogP contribution in [0.25, 0.3) is 28.1 Å². The number of carbonyl (C=O) groups is 2. The van der Waals surface area contributed by atoms with Gasteiger partial charge in [0.05, 0.1) is 24.2 Å². The van der Waals surface area contributed by atoms with E-state index in [9.17, 15) is 9.59 Å². The molecule has 0 spiro atoms.